The van der Waals surface area contributed by atoms with Gasteiger partial charge in [-0.15, -0.1) is 0 Å². The molecule has 7 nitrogen and oxygen atoms in total. The standard InChI is InChI=1S/C14H28N2O5/c1-5-20-9-7-16(8-10-21-6-2)14(19)15-12(11(3)4)13(17)18/h11-12H,5-10H2,1-4H3,(H,15,19)(H,17,18)/t12-/m1/s1. The first-order valence-electron chi connectivity index (χ1n) is 7.37. The normalized spacial score (nSPS) is 12.2. The minimum Gasteiger partial charge on any atom is -0.480 e. The van der Waals surface area contributed by atoms with Crippen molar-refractivity contribution in [3.05, 3.63) is 0 Å². The first-order valence-corrected chi connectivity index (χ1v) is 7.37. The van der Waals surface area contributed by atoms with Gasteiger partial charge in [-0.25, -0.2) is 9.59 Å². The number of nitrogens with one attached hydrogen (secondary N) is 1. The summed E-state index contributed by atoms with van der Waals surface area (Å²) in [6.07, 6.45) is 0. The van der Waals surface area contributed by atoms with Gasteiger partial charge in [0.1, 0.15) is 6.04 Å². The number of ether oxygens (including phenoxy) is 2. The highest BCUT2D eigenvalue weighted by atomic mass is 16.5. The van der Waals surface area contributed by atoms with Crippen molar-refractivity contribution >= 4 is 12.0 Å². The molecule has 124 valence electrons. The fourth-order valence-electron chi connectivity index (χ4n) is 1.69. The Hall–Kier alpha value is -1.34. The van der Waals surface area contributed by atoms with E-state index >= 15 is 0 Å². The Balaban J connectivity index is 4.55. The Bertz CT molecular complexity index is 300. The molecule has 0 fully saturated rings. The van der Waals surface area contributed by atoms with Crippen LogP contribution in [0, 0.1) is 5.92 Å². The van der Waals surface area contributed by atoms with Crippen molar-refractivity contribution in [2.45, 2.75) is 33.7 Å². The van der Waals surface area contributed by atoms with Gasteiger partial charge in [0, 0.05) is 26.3 Å². The predicted molar refractivity (Wildman–Crippen MR) is 79.4 cm³/mol. The van der Waals surface area contributed by atoms with Crippen LogP contribution in [0.2, 0.25) is 0 Å². The fourth-order valence-corrected chi connectivity index (χ4v) is 1.69. The summed E-state index contributed by atoms with van der Waals surface area (Å²) in [5, 5.41) is 11.7. The smallest absolute Gasteiger partial charge is 0.326 e. The second-order valence-corrected chi connectivity index (χ2v) is 4.89. The number of aliphatic carboxylic acids is 1. The number of nitrogens with zero attached hydrogens (tertiary/aromatic N) is 1. The van der Waals surface area contributed by atoms with Gasteiger partial charge in [0.2, 0.25) is 0 Å². The van der Waals surface area contributed by atoms with Gasteiger partial charge in [-0.1, -0.05) is 13.8 Å². The Kier molecular flexibility index (Phi) is 10.6. The quantitative estimate of drug-likeness (QED) is 0.560. The molecule has 2 amide bonds. The number of carbonyl (C=O) groups excluding carboxylic acids is 1. The minimum atomic E-state index is -1.03. The van der Waals surface area contributed by atoms with Crippen molar-refractivity contribution < 1.29 is 24.2 Å². The van der Waals surface area contributed by atoms with Gasteiger partial charge in [0.25, 0.3) is 0 Å². The lowest BCUT2D eigenvalue weighted by Gasteiger charge is -2.26. The molecular formula is C14H28N2O5. The molecule has 0 aliphatic rings. The molecule has 0 aromatic heterocycles. The molecule has 0 aromatic rings. The van der Waals surface area contributed by atoms with E-state index in [1.54, 1.807) is 13.8 Å². The van der Waals surface area contributed by atoms with Crippen LogP contribution in [0.1, 0.15) is 27.7 Å². The van der Waals surface area contributed by atoms with Crippen molar-refractivity contribution in [2.75, 3.05) is 39.5 Å². The van der Waals surface area contributed by atoms with Crippen LogP contribution >= 0.6 is 0 Å². The maximum Gasteiger partial charge on any atom is 0.326 e. The average Bonchev–Trinajstić information content (AvgIpc) is 2.42. The zero-order valence-corrected chi connectivity index (χ0v) is 13.4. The summed E-state index contributed by atoms with van der Waals surface area (Å²) in [6.45, 7) is 10.0. The van der Waals surface area contributed by atoms with Crippen LogP contribution in [0.15, 0.2) is 0 Å². The van der Waals surface area contributed by atoms with Gasteiger partial charge in [-0.05, 0) is 19.8 Å². The van der Waals surface area contributed by atoms with Gasteiger partial charge in [0.05, 0.1) is 13.2 Å². The van der Waals surface area contributed by atoms with E-state index in [1.165, 1.54) is 4.90 Å². The van der Waals surface area contributed by atoms with Crippen molar-refractivity contribution in [1.29, 1.82) is 0 Å². The summed E-state index contributed by atoms with van der Waals surface area (Å²) in [6, 6.07) is -1.31. The first kappa shape index (κ1) is 19.7. The molecule has 0 spiro atoms. The number of rotatable bonds is 11. The van der Waals surface area contributed by atoms with Gasteiger partial charge in [-0.2, -0.15) is 0 Å². The third kappa shape index (κ3) is 8.52. The molecule has 7 heteroatoms. The monoisotopic (exact) mass is 304 g/mol. The molecule has 0 heterocycles. The topological polar surface area (TPSA) is 88.1 Å². The number of urea groups is 1. The SMILES string of the molecule is CCOCCN(CCOCC)C(=O)N[C@@H](C(=O)O)C(C)C. The number of carboxylic acids is 1. The number of carbonyl (C=O) groups is 2. The third-order valence-electron chi connectivity index (χ3n) is 2.92. The largest absolute Gasteiger partial charge is 0.480 e. The minimum absolute atomic E-state index is 0.188. The van der Waals surface area contributed by atoms with Crippen LogP contribution in [0.4, 0.5) is 4.79 Å². The summed E-state index contributed by atoms with van der Waals surface area (Å²) in [5.74, 6) is -1.22. The lowest BCUT2D eigenvalue weighted by atomic mass is 10.1. The maximum absolute atomic E-state index is 12.2. The lowest BCUT2D eigenvalue weighted by Crippen LogP contribution is -2.51. The van der Waals surface area contributed by atoms with E-state index in [4.69, 9.17) is 14.6 Å². The molecule has 0 saturated carbocycles. The predicted octanol–water partition coefficient (Wildman–Crippen LogP) is 1.18. The highest BCUT2D eigenvalue weighted by Crippen LogP contribution is 2.03. The highest BCUT2D eigenvalue weighted by molar-refractivity contribution is 5.82. The van der Waals surface area contributed by atoms with Crippen LogP contribution in [-0.2, 0) is 14.3 Å². The van der Waals surface area contributed by atoms with Gasteiger partial charge in [-0.3, -0.25) is 0 Å². The van der Waals surface area contributed by atoms with Gasteiger partial charge in [0.15, 0.2) is 0 Å². The summed E-state index contributed by atoms with van der Waals surface area (Å²) in [4.78, 5) is 24.8. The Morgan fingerprint density at radius 3 is 1.90 bits per heavy atom. The van der Waals surface area contributed by atoms with Crippen LogP contribution in [0.25, 0.3) is 0 Å². The van der Waals surface area contributed by atoms with Crippen LogP contribution < -0.4 is 5.32 Å². The Morgan fingerprint density at radius 1 is 1.10 bits per heavy atom. The van der Waals surface area contributed by atoms with E-state index in [0.29, 0.717) is 39.5 Å². The molecule has 0 radical (unpaired) electrons. The molecule has 0 aliphatic carbocycles. The molecular weight excluding hydrogens is 276 g/mol. The van der Waals surface area contributed by atoms with E-state index in [1.807, 2.05) is 13.8 Å². The van der Waals surface area contributed by atoms with Gasteiger partial charge < -0.3 is 24.8 Å². The second kappa shape index (κ2) is 11.3. The number of amides is 2. The Labute approximate surface area is 126 Å². The molecule has 0 aliphatic heterocycles. The van der Waals surface area contributed by atoms with Crippen molar-refractivity contribution in [1.82, 2.24) is 10.2 Å². The summed E-state index contributed by atoms with van der Waals surface area (Å²) in [7, 11) is 0. The summed E-state index contributed by atoms with van der Waals surface area (Å²) in [5.41, 5.74) is 0. The molecule has 0 saturated heterocycles. The third-order valence-corrected chi connectivity index (χ3v) is 2.92. The highest BCUT2D eigenvalue weighted by Gasteiger charge is 2.25. The molecule has 0 unspecified atom stereocenters. The molecule has 0 rings (SSSR count). The molecule has 21 heavy (non-hydrogen) atoms. The van der Waals surface area contributed by atoms with E-state index in [-0.39, 0.29) is 5.92 Å². The van der Waals surface area contributed by atoms with E-state index in [9.17, 15) is 9.59 Å². The van der Waals surface area contributed by atoms with E-state index in [0.717, 1.165) is 0 Å². The number of hydrogen-bond acceptors (Lipinski definition) is 4. The van der Waals surface area contributed by atoms with E-state index < -0.39 is 18.0 Å². The van der Waals surface area contributed by atoms with Crippen molar-refractivity contribution in [2.24, 2.45) is 5.92 Å². The second-order valence-electron chi connectivity index (χ2n) is 4.89. The molecule has 1 atom stereocenters. The maximum atomic E-state index is 12.2. The van der Waals surface area contributed by atoms with Gasteiger partial charge >= 0.3 is 12.0 Å². The Morgan fingerprint density at radius 2 is 1.57 bits per heavy atom. The zero-order valence-electron chi connectivity index (χ0n) is 13.4. The zero-order chi connectivity index (χ0) is 16.3. The number of carboxylic acid groups (broad SMARTS) is 1. The lowest BCUT2D eigenvalue weighted by molar-refractivity contribution is -0.140. The fraction of sp³-hybridized carbons (Fsp3) is 0.857. The molecule has 0 bridgehead atoms. The van der Waals surface area contributed by atoms with E-state index in [2.05, 4.69) is 5.32 Å². The number of hydrogen-bond donors (Lipinski definition) is 2. The van der Waals surface area contributed by atoms with Crippen LogP contribution in [0.5, 0.6) is 0 Å². The molecule has 0 aromatic carbocycles. The van der Waals surface area contributed by atoms with Crippen LogP contribution in [-0.4, -0.2) is 67.6 Å². The summed E-state index contributed by atoms with van der Waals surface area (Å²) < 4.78 is 10.5. The summed E-state index contributed by atoms with van der Waals surface area (Å²) >= 11 is 0. The van der Waals surface area contributed by atoms with Crippen molar-refractivity contribution in [3.63, 3.8) is 0 Å². The molecule has 2 N–H and O–H groups in total. The van der Waals surface area contributed by atoms with Crippen molar-refractivity contribution in [3.8, 4) is 0 Å². The van der Waals surface area contributed by atoms with Crippen LogP contribution in [0.3, 0.4) is 0 Å². The first-order chi connectivity index (χ1) is 9.93. The average molecular weight is 304 g/mol.